The van der Waals surface area contributed by atoms with E-state index in [1.165, 1.54) is 17.0 Å². The molecule has 0 aliphatic carbocycles. The van der Waals surface area contributed by atoms with Gasteiger partial charge in [0.15, 0.2) is 6.61 Å². The monoisotopic (exact) mass is 301 g/mol. The molecule has 1 aliphatic rings. The van der Waals surface area contributed by atoms with E-state index < -0.39 is 11.7 Å². The van der Waals surface area contributed by atoms with E-state index in [4.69, 9.17) is 4.74 Å². The lowest BCUT2D eigenvalue weighted by Crippen LogP contribution is -2.41. The number of amides is 1. The van der Waals surface area contributed by atoms with Gasteiger partial charge in [0.2, 0.25) is 0 Å². The fourth-order valence-corrected chi connectivity index (χ4v) is 1.98. The molecule has 0 saturated carbocycles. The predicted octanol–water partition coefficient (Wildman–Crippen LogP) is 2.28. The summed E-state index contributed by atoms with van der Waals surface area (Å²) in [5.41, 5.74) is -0.768. The number of ketones is 1. The molecule has 114 valence electrons. The number of nitrogens with zero attached hydrogens (tertiary/aromatic N) is 1. The van der Waals surface area contributed by atoms with Gasteiger partial charge < -0.3 is 9.64 Å². The number of halogens is 3. The minimum absolute atomic E-state index is 0.128. The van der Waals surface area contributed by atoms with Crippen LogP contribution < -0.4 is 4.74 Å². The number of Topliss-reactive ketones (excluding diaryl/α,β-unsaturated/α-hetero) is 1. The van der Waals surface area contributed by atoms with Gasteiger partial charge in [0, 0.05) is 25.9 Å². The van der Waals surface area contributed by atoms with E-state index in [-0.39, 0.29) is 24.0 Å². The van der Waals surface area contributed by atoms with Crippen LogP contribution in [0.5, 0.6) is 5.75 Å². The average molecular weight is 301 g/mol. The molecule has 0 unspecified atom stereocenters. The quantitative estimate of drug-likeness (QED) is 0.860. The number of alkyl halides is 3. The summed E-state index contributed by atoms with van der Waals surface area (Å²) in [6.07, 6.45) is -3.72. The molecular weight excluding hydrogens is 287 g/mol. The molecule has 7 heteroatoms. The lowest BCUT2D eigenvalue weighted by molar-refractivity contribution is -0.138. The SMILES string of the molecule is O=C1CCN(C(=O)COc2ccc(C(F)(F)F)cc2)CC1. The summed E-state index contributed by atoms with van der Waals surface area (Å²) in [5, 5.41) is 0. The van der Waals surface area contributed by atoms with Gasteiger partial charge in [0.1, 0.15) is 11.5 Å². The van der Waals surface area contributed by atoms with Crippen molar-refractivity contribution < 1.29 is 27.5 Å². The Balaban J connectivity index is 1.85. The summed E-state index contributed by atoms with van der Waals surface area (Å²) in [4.78, 5) is 24.4. The molecule has 1 saturated heterocycles. The maximum Gasteiger partial charge on any atom is 0.416 e. The molecule has 1 heterocycles. The number of carbonyl (C=O) groups is 2. The number of ether oxygens (including phenoxy) is 1. The number of benzene rings is 1. The van der Waals surface area contributed by atoms with E-state index in [9.17, 15) is 22.8 Å². The molecule has 0 spiro atoms. The lowest BCUT2D eigenvalue weighted by atomic mass is 10.1. The van der Waals surface area contributed by atoms with E-state index in [1.54, 1.807) is 0 Å². The van der Waals surface area contributed by atoms with Crippen molar-refractivity contribution in [1.29, 1.82) is 0 Å². The van der Waals surface area contributed by atoms with Crippen molar-refractivity contribution in [2.45, 2.75) is 19.0 Å². The standard InChI is InChI=1S/C14H14F3NO3/c15-14(16,17)10-1-3-12(4-2-10)21-9-13(20)18-7-5-11(19)6-8-18/h1-4H,5-9H2. The van der Waals surface area contributed by atoms with Gasteiger partial charge in [-0.3, -0.25) is 9.59 Å². The van der Waals surface area contributed by atoms with Crippen molar-refractivity contribution in [2.24, 2.45) is 0 Å². The Bertz CT molecular complexity index is 515. The summed E-state index contributed by atoms with van der Waals surface area (Å²) >= 11 is 0. The first kappa shape index (κ1) is 15.3. The van der Waals surface area contributed by atoms with Crippen molar-refractivity contribution in [3.8, 4) is 5.75 Å². The predicted molar refractivity (Wildman–Crippen MR) is 67.8 cm³/mol. The largest absolute Gasteiger partial charge is 0.484 e. The maximum absolute atomic E-state index is 12.4. The Kier molecular flexibility index (Phi) is 4.50. The van der Waals surface area contributed by atoms with Crippen LogP contribution in [0.2, 0.25) is 0 Å². The third kappa shape index (κ3) is 4.21. The zero-order valence-electron chi connectivity index (χ0n) is 11.2. The van der Waals surface area contributed by atoms with Crippen LogP contribution in [0.3, 0.4) is 0 Å². The van der Waals surface area contributed by atoms with Crippen LogP contribution in [0.1, 0.15) is 18.4 Å². The zero-order chi connectivity index (χ0) is 15.5. The van der Waals surface area contributed by atoms with Gasteiger partial charge in [-0.2, -0.15) is 13.2 Å². The molecule has 1 amide bonds. The van der Waals surface area contributed by atoms with Gasteiger partial charge in [0.05, 0.1) is 5.56 Å². The molecule has 2 rings (SSSR count). The van der Waals surface area contributed by atoms with E-state index in [0.717, 1.165) is 12.1 Å². The van der Waals surface area contributed by atoms with Crippen LogP contribution in [0.25, 0.3) is 0 Å². The first-order valence-corrected chi connectivity index (χ1v) is 6.46. The fraction of sp³-hybridized carbons (Fsp3) is 0.429. The van der Waals surface area contributed by atoms with Crippen LogP contribution in [-0.4, -0.2) is 36.3 Å². The highest BCUT2D eigenvalue weighted by atomic mass is 19.4. The zero-order valence-corrected chi connectivity index (χ0v) is 11.2. The molecule has 21 heavy (non-hydrogen) atoms. The number of carbonyl (C=O) groups excluding carboxylic acids is 2. The van der Waals surface area contributed by atoms with E-state index in [0.29, 0.717) is 25.9 Å². The molecule has 1 aliphatic heterocycles. The minimum Gasteiger partial charge on any atom is -0.484 e. The summed E-state index contributed by atoms with van der Waals surface area (Å²) in [6.45, 7) is 0.488. The summed E-state index contributed by atoms with van der Waals surface area (Å²) in [7, 11) is 0. The van der Waals surface area contributed by atoms with Crippen molar-refractivity contribution in [2.75, 3.05) is 19.7 Å². The molecule has 0 aromatic heterocycles. The topological polar surface area (TPSA) is 46.6 Å². The van der Waals surface area contributed by atoms with Crippen LogP contribution in [0, 0.1) is 0 Å². The van der Waals surface area contributed by atoms with Gasteiger partial charge >= 0.3 is 6.18 Å². The molecule has 1 aromatic carbocycles. The number of likely N-dealkylation sites (tertiary alicyclic amines) is 1. The molecule has 1 aromatic rings. The minimum atomic E-state index is -4.39. The first-order chi connectivity index (χ1) is 9.86. The Morgan fingerprint density at radius 3 is 2.24 bits per heavy atom. The van der Waals surface area contributed by atoms with Gasteiger partial charge in [-0.1, -0.05) is 0 Å². The summed E-state index contributed by atoms with van der Waals surface area (Å²) in [6, 6.07) is 4.16. The molecule has 0 atom stereocenters. The normalized spacial score (nSPS) is 16.0. The van der Waals surface area contributed by atoms with Crippen molar-refractivity contribution in [1.82, 2.24) is 4.90 Å². The van der Waals surface area contributed by atoms with E-state index in [1.807, 2.05) is 0 Å². The Labute approximate surface area is 119 Å². The highest BCUT2D eigenvalue weighted by Crippen LogP contribution is 2.30. The molecule has 0 bridgehead atoms. The number of rotatable bonds is 3. The highest BCUT2D eigenvalue weighted by Gasteiger charge is 2.30. The van der Waals surface area contributed by atoms with Crippen molar-refractivity contribution in [3.63, 3.8) is 0 Å². The van der Waals surface area contributed by atoms with Crippen molar-refractivity contribution >= 4 is 11.7 Å². The average Bonchev–Trinajstić information content (AvgIpc) is 2.45. The Morgan fingerprint density at radius 2 is 1.71 bits per heavy atom. The van der Waals surface area contributed by atoms with Crippen LogP contribution in [0.4, 0.5) is 13.2 Å². The third-order valence-corrected chi connectivity index (χ3v) is 3.22. The highest BCUT2D eigenvalue weighted by molar-refractivity contribution is 5.83. The first-order valence-electron chi connectivity index (χ1n) is 6.46. The number of piperidine rings is 1. The van der Waals surface area contributed by atoms with Gasteiger partial charge in [-0.05, 0) is 24.3 Å². The third-order valence-electron chi connectivity index (χ3n) is 3.22. The fourth-order valence-electron chi connectivity index (χ4n) is 1.98. The molecule has 1 fully saturated rings. The van der Waals surface area contributed by atoms with Gasteiger partial charge in [0.25, 0.3) is 5.91 Å². The summed E-state index contributed by atoms with van der Waals surface area (Å²) in [5.74, 6) is 0.0505. The van der Waals surface area contributed by atoms with E-state index >= 15 is 0 Å². The second-order valence-electron chi connectivity index (χ2n) is 4.73. The van der Waals surface area contributed by atoms with E-state index in [2.05, 4.69) is 0 Å². The number of hydrogen-bond acceptors (Lipinski definition) is 3. The van der Waals surface area contributed by atoms with Crippen LogP contribution >= 0.6 is 0 Å². The van der Waals surface area contributed by atoms with Crippen LogP contribution in [-0.2, 0) is 15.8 Å². The van der Waals surface area contributed by atoms with Gasteiger partial charge in [-0.25, -0.2) is 0 Å². The smallest absolute Gasteiger partial charge is 0.416 e. The molecule has 4 nitrogen and oxygen atoms in total. The maximum atomic E-state index is 12.4. The molecular formula is C14H14F3NO3. The Morgan fingerprint density at radius 1 is 1.14 bits per heavy atom. The second-order valence-corrected chi connectivity index (χ2v) is 4.73. The Hall–Kier alpha value is -2.05. The second kappa shape index (κ2) is 6.15. The van der Waals surface area contributed by atoms with Crippen LogP contribution in [0.15, 0.2) is 24.3 Å². The molecule has 0 radical (unpaired) electrons. The lowest BCUT2D eigenvalue weighted by Gasteiger charge is -2.25. The molecule has 0 N–H and O–H groups in total. The van der Waals surface area contributed by atoms with Gasteiger partial charge in [-0.15, -0.1) is 0 Å². The summed E-state index contributed by atoms with van der Waals surface area (Å²) < 4.78 is 42.3. The van der Waals surface area contributed by atoms with Crippen molar-refractivity contribution in [3.05, 3.63) is 29.8 Å². The number of hydrogen-bond donors (Lipinski definition) is 0.